The molecule has 2 rings (SSSR count). The van der Waals surface area contributed by atoms with Crippen LogP contribution in [0.4, 0.5) is 5.69 Å². The Morgan fingerprint density at radius 3 is 2.39 bits per heavy atom. The fraction of sp³-hybridized carbons (Fsp3) is 0.364. The van der Waals surface area contributed by atoms with Gasteiger partial charge in [0.1, 0.15) is 0 Å². The molecule has 0 heterocycles. The van der Waals surface area contributed by atoms with Crippen molar-refractivity contribution < 1.29 is 19.1 Å². The lowest BCUT2D eigenvalue weighted by molar-refractivity contribution is -0.132. The van der Waals surface area contributed by atoms with Gasteiger partial charge in [-0.05, 0) is 55.2 Å². The lowest BCUT2D eigenvalue weighted by Gasteiger charge is -2.21. The molecule has 28 heavy (non-hydrogen) atoms. The Kier molecular flexibility index (Phi) is 7.44. The fourth-order valence-corrected chi connectivity index (χ4v) is 2.90. The number of ether oxygens (including phenoxy) is 2. The lowest BCUT2D eigenvalue weighted by atomic mass is 10.1. The molecule has 0 fully saturated rings. The second-order valence-electron chi connectivity index (χ2n) is 6.68. The molecule has 0 aliphatic carbocycles. The van der Waals surface area contributed by atoms with Crippen molar-refractivity contribution in [3.05, 3.63) is 53.1 Å². The quantitative estimate of drug-likeness (QED) is 0.758. The van der Waals surface area contributed by atoms with E-state index in [0.717, 1.165) is 22.4 Å². The van der Waals surface area contributed by atoms with Crippen molar-refractivity contribution in [2.45, 2.75) is 27.2 Å². The Morgan fingerprint density at radius 1 is 1.04 bits per heavy atom. The van der Waals surface area contributed by atoms with Gasteiger partial charge in [-0.2, -0.15) is 0 Å². The van der Waals surface area contributed by atoms with Crippen LogP contribution in [0.3, 0.4) is 0 Å². The standard InChI is InChI=1S/C22H28N2O4/c1-15-7-6-8-19(16(15)2)23-22(26)14-24(17(3)25)12-11-18-9-10-20(27-4)21(13-18)28-5/h6-10,13H,11-12,14H2,1-5H3,(H,23,26). The van der Waals surface area contributed by atoms with E-state index < -0.39 is 0 Å². The zero-order valence-electron chi connectivity index (χ0n) is 17.2. The van der Waals surface area contributed by atoms with Crippen molar-refractivity contribution in [2.24, 2.45) is 0 Å². The minimum atomic E-state index is -0.212. The van der Waals surface area contributed by atoms with E-state index in [0.29, 0.717) is 24.5 Å². The summed E-state index contributed by atoms with van der Waals surface area (Å²) < 4.78 is 10.6. The summed E-state index contributed by atoms with van der Waals surface area (Å²) in [5.41, 5.74) is 3.90. The number of hydrogen-bond acceptors (Lipinski definition) is 4. The normalized spacial score (nSPS) is 10.3. The molecule has 0 spiro atoms. The summed E-state index contributed by atoms with van der Waals surface area (Å²) in [6.45, 7) is 5.88. The average molecular weight is 384 g/mol. The molecule has 6 heteroatoms. The zero-order valence-corrected chi connectivity index (χ0v) is 17.2. The van der Waals surface area contributed by atoms with E-state index in [1.807, 2.05) is 50.2 Å². The Hall–Kier alpha value is -3.02. The fourth-order valence-electron chi connectivity index (χ4n) is 2.90. The van der Waals surface area contributed by atoms with Crippen molar-refractivity contribution >= 4 is 17.5 Å². The molecule has 0 radical (unpaired) electrons. The van der Waals surface area contributed by atoms with E-state index in [1.54, 1.807) is 14.2 Å². The van der Waals surface area contributed by atoms with Crippen LogP contribution in [0.25, 0.3) is 0 Å². The van der Waals surface area contributed by atoms with Crippen LogP contribution >= 0.6 is 0 Å². The van der Waals surface area contributed by atoms with Gasteiger partial charge in [0.15, 0.2) is 11.5 Å². The number of aryl methyl sites for hydroxylation is 1. The van der Waals surface area contributed by atoms with Gasteiger partial charge in [0.25, 0.3) is 0 Å². The summed E-state index contributed by atoms with van der Waals surface area (Å²) in [4.78, 5) is 26.0. The second-order valence-corrected chi connectivity index (χ2v) is 6.68. The molecule has 0 saturated carbocycles. The highest BCUT2D eigenvalue weighted by atomic mass is 16.5. The van der Waals surface area contributed by atoms with Crippen molar-refractivity contribution in [1.82, 2.24) is 4.90 Å². The number of rotatable bonds is 8. The van der Waals surface area contributed by atoms with Gasteiger partial charge in [-0.3, -0.25) is 9.59 Å². The molecule has 2 amide bonds. The number of nitrogens with one attached hydrogen (secondary N) is 1. The monoisotopic (exact) mass is 384 g/mol. The van der Waals surface area contributed by atoms with Crippen LogP contribution in [-0.2, 0) is 16.0 Å². The second kappa shape index (κ2) is 9.78. The van der Waals surface area contributed by atoms with Gasteiger partial charge in [0.2, 0.25) is 11.8 Å². The SMILES string of the molecule is COc1ccc(CCN(CC(=O)Nc2cccc(C)c2C)C(C)=O)cc1OC. The number of anilines is 1. The molecular formula is C22H28N2O4. The summed E-state index contributed by atoms with van der Waals surface area (Å²) in [5.74, 6) is 0.942. The largest absolute Gasteiger partial charge is 0.493 e. The van der Waals surface area contributed by atoms with E-state index in [2.05, 4.69) is 5.32 Å². The summed E-state index contributed by atoms with van der Waals surface area (Å²) in [6.07, 6.45) is 0.608. The van der Waals surface area contributed by atoms with Crippen molar-refractivity contribution in [1.29, 1.82) is 0 Å². The van der Waals surface area contributed by atoms with Gasteiger partial charge < -0.3 is 19.7 Å². The zero-order chi connectivity index (χ0) is 20.7. The third kappa shape index (κ3) is 5.49. The minimum Gasteiger partial charge on any atom is -0.493 e. The predicted octanol–water partition coefficient (Wildman–Crippen LogP) is 3.35. The average Bonchev–Trinajstić information content (AvgIpc) is 2.68. The molecule has 0 unspecified atom stereocenters. The molecule has 0 saturated heterocycles. The van der Waals surface area contributed by atoms with Gasteiger partial charge in [0, 0.05) is 19.2 Å². The third-order valence-electron chi connectivity index (χ3n) is 4.78. The van der Waals surface area contributed by atoms with E-state index in [4.69, 9.17) is 9.47 Å². The molecule has 6 nitrogen and oxygen atoms in total. The molecule has 2 aromatic rings. The molecular weight excluding hydrogens is 356 g/mol. The van der Waals surface area contributed by atoms with Crippen LogP contribution in [0.15, 0.2) is 36.4 Å². The van der Waals surface area contributed by atoms with Crippen LogP contribution in [0.2, 0.25) is 0 Å². The minimum absolute atomic E-state index is 0.00993. The molecule has 0 atom stereocenters. The number of amides is 2. The summed E-state index contributed by atoms with van der Waals surface area (Å²) >= 11 is 0. The Balaban J connectivity index is 2.00. The predicted molar refractivity (Wildman–Crippen MR) is 110 cm³/mol. The summed E-state index contributed by atoms with van der Waals surface area (Å²) in [5, 5.41) is 2.90. The highest BCUT2D eigenvalue weighted by molar-refractivity contribution is 5.95. The van der Waals surface area contributed by atoms with Crippen molar-refractivity contribution in [2.75, 3.05) is 32.6 Å². The van der Waals surface area contributed by atoms with Crippen LogP contribution < -0.4 is 14.8 Å². The Bertz CT molecular complexity index is 848. The van der Waals surface area contributed by atoms with Gasteiger partial charge in [-0.25, -0.2) is 0 Å². The van der Waals surface area contributed by atoms with Crippen LogP contribution in [0.1, 0.15) is 23.6 Å². The maximum absolute atomic E-state index is 12.4. The molecule has 0 aliphatic rings. The topological polar surface area (TPSA) is 67.9 Å². The number of benzene rings is 2. The van der Waals surface area contributed by atoms with E-state index in [9.17, 15) is 9.59 Å². The van der Waals surface area contributed by atoms with E-state index >= 15 is 0 Å². The number of hydrogen-bond donors (Lipinski definition) is 1. The first-order valence-corrected chi connectivity index (χ1v) is 9.18. The van der Waals surface area contributed by atoms with Crippen LogP contribution in [-0.4, -0.2) is 44.0 Å². The third-order valence-corrected chi connectivity index (χ3v) is 4.78. The highest BCUT2D eigenvalue weighted by Gasteiger charge is 2.15. The number of carbonyl (C=O) groups is 2. The first-order chi connectivity index (χ1) is 13.3. The number of methoxy groups -OCH3 is 2. The molecule has 1 N–H and O–H groups in total. The van der Waals surface area contributed by atoms with Crippen molar-refractivity contribution in [3.63, 3.8) is 0 Å². The van der Waals surface area contributed by atoms with Crippen LogP contribution in [0.5, 0.6) is 11.5 Å². The molecule has 0 aliphatic heterocycles. The van der Waals surface area contributed by atoms with Gasteiger partial charge in [0.05, 0.1) is 20.8 Å². The maximum Gasteiger partial charge on any atom is 0.244 e. The van der Waals surface area contributed by atoms with E-state index in [1.165, 1.54) is 11.8 Å². The summed E-state index contributed by atoms with van der Waals surface area (Å²) in [6, 6.07) is 11.4. The van der Waals surface area contributed by atoms with Gasteiger partial charge in [-0.15, -0.1) is 0 Å². The first kappa shape index (κ1) is 21.3. The Morgan fingerprint density at radius 2 is 1.75 bits per heavy atom. The van der Waals surface area contributed by atoms with E-state index in [-0.39, 0.29) is 18.4 Å². The molecule has 0 aromatic heterocycles. The Labute approximate surface area is 166 Å². The molecule has 150 valence electrons. The van der Waals surface area contributed by atoms with Crippen molar-refractivity contribution in [3.8, 4) is 11.5 Å². The number of nitrogens with zero attached hydrogens (tertiary/aromatic N) is 1. The van der Waals surface area contributed by atoms with Crippen LogP contribution in [0, 0.1) is 13.8 Å². The lowest BCUT2D eigenvalue weighted by Crippen LogP contribution is -2.38. The number of carbonyl (C=O) groups excluding carboxylic acids is 2. The van der Waals surface area contributed by atoms with Gasteiger partial charge in [-0.1, -0.05) is 18.2 Å². The maximum atomic E-state index is 12.4. The first-order valence-electron chi connectivity index (χ1n) is 9.18. The van der Waals surface area contributed by atoms with Gasteiger partial charge >= 0.3 is 0 Å². The highest BCUT2D eigenvalue weighted by Crippen LogP contribution is 2.27. The molecule has 0 bridgehead atoms. The summed E-state index contributed by atoms with van der Waals surface area (Å²) in [7, 11) is 3.17. The molecule has 2 aromatic carbocycles. The smallest absolute Gasteiger partial charge is 0.244 e.